The molecule has 0 saturated heterocycles. The van der Waals surface area contributed by atoms with Crippen LogP contribution in [-0.4, -0.2) is 8.32 Å². The number of hydrogen-bond acceptors (Lipinski definition) is 1. The van der Waals surface area contributed by atoms with Crippen LogP contribution in [0.1, 0.15) is 7.43 Å². The average molecular weight is 105 g/mol. The zero-order valence-electron chi connectivity index (χ0n) is 3.91. The SMILES string of the molecule is C.C[Si](C)(C)[O-]. The Labute approximate surface area is 41.1 Å². The van der Waals surface area contributed by atoms with Crippen molar-refractivity contribution in [2.24, 2.45) is 0 Å². The fraction of sp³-hybridized carbons (Fsp3) is 1.00. The lowest BCUT2D eigenvalue weighted by molar-refractivity contribution is -0.203. The van der Waals surface area contributed by atoms with Crippen LogP contribution in [0, 0.1) is 0 Å². The molecule has 0 aromatic carbocycles. The lowest BCUT2D eigenvalue weighted by Crippen LogP contribution is -2.38. The first kappa shape index (κ1) is 9.49. The first-order valence-corrected chi connectivity index (χ1v) is 5.11. The summed E-state index contributed by atoms with van der Waals surface area (Å²) < 4.78 is 0. The molecule has 40 valence electrons. The summed E-state index contributed by atoms with van der Waals surface area (Å²) in [5.74, 6) is 0. The Morgan fingerprint density at radius 2 is 1.17 bits per heavy atom. The highest BCUT2D eigenvalue weighted by molar-refractivity contribution is 6.66. The molecule has 0 aliphatic heterocycles. The molecule has 0 spiro atoms. The Morgan fingerprint density at radius 3 is 1.17 bits per heavy atom. The van der Waals surface area contributed by atoms with Crippen LogP contribution in [0.4, 0.5) is 0 Å². The van der Waals surface area contributed by atoms with E-state index in [9.17, 15) is 4.80 Å². The van der Waals surface area contributed by atoms with Gasteiger partial charge in [-0.2, -0.15) is 0 Å². The molecular formula is C4H13OSi-. The van der Waals surface area contributed by atoms with E-state index in [1.807, 2.05) is 0 Å². The van der Waals surface area contributed by atoms with E-state index in [4.69, 9.17) is 0 Å². The van der Waals surface area contributed by atoms with Crippen molar-refractivity contribution in [3.05, 3.63) is 0 Å². The number of hydrogen-bond donors (Lipinski definition) is 0. The van der Waals surface area contributed by atoms with Crippen LogP contribution in [0.2, 0.25) is 19.6 Å². The molecule has 2 heteroatoms. The van der Waals surface area contributed by atoms with Gasteiger partial charge in [0.25, 0.3) is 0 Å². The van der Waals surface area contributed by atoms with Crippen LogP contribution < -0.4 is 4.80 Å². The minimum absolute atomic E-state index is 0. The molecule has 0 N–H and O–H groups in total. The van der Waals surface area contributed by atoms with E-state index in [-0.39, 0.29) is 7.43 Å². The van der Waals surface area contributed by atoms with Crippen LogP contribution in [0.3, 0.4) is 0 Å². The highest BCUT2D eigenvalue weighted by Gasteiger charge is 1.86. The average Bonchev–Trinajstić information content (AvgIpc) is 0.722. The maximum atomic E-state index is 10.2. The zero-order chi connectivity index (χ0) is 4.50. The van der Waals surface area contributed by atoms with E-state index in [0.717, 1.165) is 0 Å². The van der Waals surface area contributed by atoms with Gasteiger partial charge in [0.1, 0.15) is 0 Å². The van der Waals surface area contributed by atoms with Crippen molar-refractivity contribution in [2.45, 2.75) is 27.1 Å². The molecular weight excluding hydrogens is 92.1 g/mol. The molecule has 0 saturated carbocycles. The van der Waals surface area contributed by atoms with Crippen LogP contribution in [0.15, 0.2) is 0 Å². The molecule has 0 unspecified atom stereocenters. The standard InChI is InChI=1S/C3H9OSi.CH4/c1-5(2,3)4;/h1-3H3;1H4/q-1;. The molecule has 0 amide bonds. The second-order valence-electron chi connectivity index (χ2n) is 2.11. The minimum Gasteiger partial charge on any atom is -0.859 e. The fourth-order valence-electron chi connectivity index (χ4n) is 0. The Balaban J connectivity index is 0. The van der Waals surface area contributed by atoms with Gasteiger partial charge in [-0.1, -0.05) is 35.4 Å². The summed E-state index contributed by atoms with van der Waals surface area (Å²) in [5, 5.41) is 0. The van der Waals surface area contributed by atoms with Gasteiger partial charge in [0.2, 0.25) is 0 Å². The molecule has 0 aliphatic carbocycles. The van der Waals surface area contributed by atoms with E-state index < -0.39 is 8.32 Å². The van der Waals surface area contributed by atoms with Crippen LogP contribution in [-0.2, 0) is 0 Å². The van der Waals surface area contributed by atoms with Crippen molar-refractivity contribution >= 4 is 8.32 Å². The molecule has 0 atom stereocenters. The molecule has 6 heavy (non-hydrogen) atoms. The monoisotopic (exact) mass is 105 g/mol. The molecule has 0 heterocycles. The van der Waals surface area contributed by atoms with Gasteiger partial charge < -0.3 is 4.80 Å². The maximum Gasteiger partial charge on any atom is -0.0576 e. The van der Waals surface area contributed by atoms with Crippen molar-refractivity contribution in [3.8, 4) is 0 Å². The molecule has 0 fully saturated rings. The Kier molecular flexibility index (Phi) is 3.74. The maximum absolute atomic E-state index is 10.2. The molecule has 0 aromatic rings. The summed E-state index contributed by atoms with van der Waals surface area (Å²) in [6.07, 6.45) is 0. The summed E-state index contributed by atoms with van der Waals surface area (Å²) >= 11 is 0. The highest BCUT2D eigenvalue weighted by Crippen LogP contribution is 1.82. The van der Waals surface area contributed by atoms with Gasteiger partial charge in [-0.3, -0.25) is 0 Å². The van der Waals surface area contributed by atoms with E-state index in [1.54, 1.807) is 19.6 Å². The Bertz CT molecular complexity index is 23.0. The van der Waals surface area contributed by atoms with Crippen molar-refractivity contribution in [2.75, 3.05) is 0 Å². The van der Waals surface area contributed by atoms with Gasteiger partial charge >= 0.3 is 0 Å². The smallest absolute Gasteiger partial charge is 0.0576 e. The summed E-state index contributed by atoms with van der Waals surface area (Å²) in [4.78, 5) is 10.2. The second kappa shape index (κ2) is 2.37. The Hall–Kier alpha value is 0.177. The highest BCUT2D eigenvalue weighted by atomic mass is 28.4. The van der Waals surface area contributed by atoms with Gasteiger partial charge in [-0.25, -0.2) is 0 Å². The molecule has 0 rings (SSSR count). The fourth-order valence-corrected chi connectivity index (χ4v) is 0. The number of rotatable bonds is 0. The van der Waals surface area contributed by atoms with E-state index in [1.165, 1.54) is 0 Å². The second-order valence-corrected chi connectivity index (χ2v) is 6.34. The normalized spacial score (nSPS) is 10.0. The van der Waals surface area contributed by atoms with Crippen LogP contribution >= 0.6 is 0 Å². The summed E-state index contributed by atoms with van der Waals surface area (Å²) in [5.41, 5.74) is 0. The largest absolute Gasteiger partial charge is 0.859 e. The quantitative estimate of drug-likeness (QED) is 0.418. The molecule has 0 radical (unpaired) electrons. The van der Waals surface area contributed by atoms with Crippen LogP contribution in [0.25, 0.3) is 0 Å². The van der Waals surface area contributed by atoms with Crippen molar-refractivity contribution in [1.29, 1.82) is 0 Å². The van der Waals surface area contributed by atoms with Crippen molar-refractivity contribution in [1.82, 2.24) is 0 Å². The first-order chi connectivity index (χ1) is 2.00. The predicted octanol–water partition coefficient (Wildman–Crippen LogP) is 0.818. The first-order valence-electron chi connectivity index (χ1n) is 1.70. The van der Waals surface area contributed by atoms with Gasteiger partial charge in [0, 0.05) is 0 Å². The summed E-state index contributed by atoms with van der Waals surface area (Å²) in [6.45, 7) is 5.31. The van der Waals surface area contributed by atoms with Gasteiger partial charge in [0.15, 0.2) is 0 Å². The van der Waals surface area contributed by atoms with E-state index >= 15 is 0 Å². The third-order valence-corrected chi connectivity index (χ3v) is 0. The lowest BCUT2D eigenvalue weighted by atomic mass is 11.8. The molecule has 1 nitrogen and oxygen atoms in total. The van der Waals surface area contributed by atoms with Gasteiger partial charge in [-0.15, -0.1) is 0 Å². The summed E-state index contributed by atoms with van der Waals surface area (Å²) in [7, 11) is -1.86. The third-order valence-electron chi connectivity index (χ3n) is 0. The molecule has 0 aromatic heterocycles. The Morgan fingerprint density at radius 1 is 1.17 bits per heavy atom. The third kappa shape index (κ3) is 1350. The molecule has 0 bridgehead atoms. The van der Waals surface area contributed by atoms with E-state index in [0.29, 0.717) is 0 Å². The van der Waals surface area contributed by atoms with Gasteiger partial charge in [0.05, 0.1) is 0 Å². The van der Waals surface area contributed by atoms with Crippen LogP contribution in [0.5, 0.6) is 0 Å². The van der Waals surface area contributed by atoms with E-state index in [2.05, 4.69) is 0 Å². The summed E-state index contributed by atoms with van der Waals surface area (Å²) in [6, 6.07) is 0. The zero-order valence-corrected chi connectivity index (χ0v) is 4.91. The topological polar surface area (TPSA) is 23.1 Å². The lowest BCUT2D eigenvalue weighted by Gasteiger charge is -2.21. The predicted molar refractivity (Wildman–Crippen MR) is 30.1 cm³/mol. The molecule has 0 aliphatic rings. The minimum atomic E-state index is -1.86. The van der Waals surface area contributed by atoms with Crippen molar-refractivity contribution in [3.63, 3.8) is 0 Å². The van der Waals surface area contributed by atoms with Crippen molar-refractivity contribution < 1.29 is 4.80 Å². The van der Waals surface area contributed by atoms with Gasteiger partial charge in [-0.05, 0) is 0 Å².